The lowest BCUT2D eigenvalue weighted by Crippen LogP contribution is -2.46. The number of amides is 2. The lowest BCUT2D eigenvalue weighted by Gasteiger charge is -2.32. The summed E-state index contributed by atoms with van der Waals surface area (Å²) in [4.78, 5) is 39.0. The van der Waals surface area contributed by atoms with Crippen LogP contribution >= 0.6 is 15.9 Å². The Morgan fingerprint density at radius 1 is 1.40 bits per heavy atom. The molecule has 0 aromatic heterocycles. The summed E-state index contributed by atoms with van der Waals surface area (Å²) >= 11 is 3.33. The number of likely N-dealkylation sites (tertiary alicyclic amines) is 1. The van der Waals surface area contributed by atoms with Crippen molar-refractivity contribution in [3.05, 3.63) is 28.2 Å². The van der Waals surface area contributed by atoms with E-state index < -0.39 is 11.9 Å². The van der Waals surface area contributed by atoms with Crippen LogP contribution in [0.2, 0.25) is 0 Å². The standard InChI is InChI=1S/C17H21BrN2O5/c1-19(16(22)13-8-12(25-2)5-6-14(13)18)10-15(21)20-7-3-4-11(9-20)17(23)24/h5-6,8,11H,3-4,7,9-10H2,1-2H3,(H,23,24)/t11-/m1/s1. The van der Waals surface area contributed by atoms with Crippen LogP contribution in [-0.2, 0) is 9.59 Å². The number of nitrogens with zero attached hydrogens (tertiary/aromatic N) is 2. The number of ether oxygens (including phenoxy) is 1. The van der Waals surface area contributed by atoms with Crippen LogP contribution in [0.5, 0.6) is 5.75 Å². The van der Waals surface area contributed by atoms with Gasteiger partial charge in [-0.2, -0.15) is 0 Å². The third-order valence-electron chi connectivity index (χ3n) is 4.25. The van der Waals surface area contributed by atoms with Gasteiger partial charge < -0.3 is 19.6 Å². The largest absolute Gasteiger partial charge is 0.497 e. The molecule has 1 aromatic rings. The molecule has 0 unspecified atom stereocenters. The van der Waals surface area contributed by atoms with Gasteiger partial charge in [-0.3, -0.25) is 14.4 Å². The van der Waals surface area contributed by atoms with Crippen molar-refractivity contribution in [1.82, 2.24) is 9.80 Å². The number of piperidine rings is 1. The van der Waals surface area contributed by atoms with Crippen LogP contribution in [0, 0.1) is 5.92 Å². The number of benzene rings is 1. The van der Waals surface area contributed by atoms with Crippen LogP contribution in [0.25, 0.3) is 0 Å². The van der Waals surface area contributed by atoms with Gasteiger partial charge in [-0.1, -0.05) is 0 Å². The number of likely N-dealkylation sites (N-methyl/N-ethyl adjacent to an activating group) is 1. The van der Waals surface area contributed by atoms with E-state index in [1.807, 2.05) is 0 Å². The van der Waals surface area contributed by atoms with Crippen LogP contribution < -0.4 is 4.74 Å². The van der Waals surface area contributed by atoms with Crippen LogP contribution in [-0.4, -0.2) is 66.5 Å². The molecule has 0 spiro atoms. The van der Waals surface area contributed by atoms with E-state index in [1.54, 1.807) is 25.2 Å². The van der Waals surface area contributed by atoms with E-state index in [-0.39, 0.29) is 24.9 Å². The summed E-state index contributed by atoms with van der Waals surface area (Å²) in [5, 5.41) is 9.12. The Morgan fingerprint density at radius 3 is 2.76 bits per heavy atom. The number of aliphatic carboxylic acids is 1. The van der Waals surface area contributed by atoms with Gasteiger partial charge in [0, 0.05) is 24.6 Å². The summed E-state index contributed by atoms with van der Waals surface area (Å²) in [5.41, 5.74) is 0.400. The van der Waals surface area contributed by atoms with Crippen molar-refractivity contribution in [3.8, 4) is 5.75 Å². The molecule has 2 rings (SSSR count). The predicted octanol–water partition coefficient (Wildman–Crippen LogP) is 1.85. The molecule has 1 atom stereocenters. The van der Waals surface area contributed by atoms with E-state index in [0.29, 0.717) is 35.2 Å². The molecule has 1 saturated heterocycles. The molecule has 0 aliphatic carbocycles. The second kappa shape index (κ2) is 8.33. The topological polar surface area (TPSA) is 87.2 Å². The van der Waals surface area contributed by atoms with Crippen LogP contribution in [0.1, 0.15) is 23.2 Å². The van der Waals surface area contributed by atoms with Crippen molar-refractivity contribution in [2.45, 2.75) is 12.8 Å². The molecule has 1 N–H and O–H groups in total. The average Bonchev–Trinajstić information content (AvgIpc) is 2.61. The summed E-state index contributed by atoms with van der Waals surface area (Å²) in [6.45, 7) is 0.612. The molecule has 8 heteroatoms. The number of carboxylic acids is 1. The second-order valence-corrected chi connectivity index (χ2v) is 6.88. The predicted molar refractivity (Wildman–Crippen MR) is 94.6 cm³/mol. The van der Waals surface area contributed by atoms with Gasteiger partial charge in [0.25, 0.3) is 5.91 Å². The summed E-state index contributed by atoms with van der Waals surface area (Å²) in [6, 6.07) is 5.05. The van der Waals surface area contributed by atoms with Gasteiger partial charge in [0.1, 0.15) is 5.75 Å². The quantitative estimate of drug-likeness (QED) is 0.797. The minimum Gasteiger partial charge on any atom is -0.497 e. The first-order valence-corrected chi connectivity index (χ1v) is 8.72. The number of hydrogen-bond donors (Lipinski definition) is 1. The molecular formula is C17H21BrN2O5. The SMILES string of the molecule is COc1ccc(Br)c(C(=O)N(C)CC(=O)N2CCC[C@@H](C(=O)O)C2)c1. The van der Waals surface area contributed by atoms with Gasteiger partial charge >= 0.3 is 5.97 Å². The van der Waals surface area contributed by atoms with E-state index in [1.165, 1.54) is 16.9 Å². The minimum atomic E-state index is -0.887. The lowest BCUT2D eigenvalue weighted by molar-refractivity contribution is -0.145. The fourth-order valence-corrected chi connectivity index (χ4v) is 3.20. The molecule has 1 aliphatic heterocycles. The highest BCUT2D eigenvalue weighted by Crippen LogP contribution is 2.24. The number of methoxy groups -OCH3 is 1. The molecule has 136 valence electrons. The summed E-state index contributed by atoms with van der Waals surface area (Å²) in [6.07, 6.45) is 1.23. The Labute approximate surface area is 154 Å². The van der Waals surface area contributed by atoms with Gasteiger partial charge in [0.2, 0.25) is 5.91 Å². The normalized spacial score (nSPS) is 17.1. The monoisotopic (exact) mass is 412 g/mol. The van der Waals surface area contributed by atoms with Crippen molar-refractivity contribution in [1.29, 1.82) is 0 Å². The Bertz CT molecular complexity index is 679. The maximum atomic E-state index is 12.6. The molecule has 2 amide bonds. The van der Waals surface area contributed by atoms with Crippen LogP contribution in [0.15, 0.2) is 22.7 Å². The third-order valence-corrected chi connectivity index (χ3v) is 4.94. The molecule has 7 nitrogen and oxygen atoms in total. The minimum absolute atomic E-state index is 0.102. The van der Waals surface area contributed by atoms with E-state index >= 15 is 0 Å². The number of carbonyl (C=O) groups excluding carboxylic acids is 2. The first-order chi connectivity index (χ1) is 11.8. The maximum Gasteiger partial charge on any atom is 0.308 e. The molecule has 0 bridgehead atoms. The molecule has 1 aromatic carbocycles. The summed E-state index contributed by atoms with van der Waals surface area (Å²) < 4.78 is 5.74. The Morgan fingerprint density at radius 2 is 2.12 bits per heavy atom. The Hall–Kier alpha value is -2.09. The molecule has 25 heavy (non-hydrogen) atoms. The molecular weight excluding hydrogens is 392 g/mol. The smallest absolute Gasteiger partial charge is 0.308 e. The third kappa shape index (κ3) is 4.72. The average molecular weight is 413 g/mol. The first-order valence-electron chi connectivity index (χ1n) is 7.93. The van der Waals surface area contributed by atoms with Crippen molar-refractivity contribution in [2.75, 3.05) is 33.8 Å². The van der Waals surface area contributed by atoms with Gasteiger partial charge in [-0.25, -0.2) is 0 Å². The maximum absolute atomic E-state index is 12.6. The molecule has 0 radical (unpaired) electrons. The molecule has 1 aliphatic rings. The van der Waals surface area contributed by atoms with Crippen LogP contribution in [0.3, 0.4) is 0 Å². The number of rotatable bonds is 5. The Kier molecular flexibility index (Phi) is 6.41. The lowest BCUT2D eigenvalue weighted by atomic mass is 9.98. The summed E-state index contributed by atoms with van der Waals surface area (Å²) in [5.74, 6) is -1.44. The fraction of sp³-hybridized carbons (Fsp3) is 0.471. The van der Waals surface area contributed by atoms with Crippen molar-refractivity contribution < 1.29 is 24.2 Å². The van der Waals surface area contributed by atoms with E-state index in [9.17, 15) is 14.4 Å². The van der Waals surface area contributed by atoms with Gasteiger partial charge in [0.15, 0.2) is 0 Å². The molecule has 1 heterocycles. The van der Waals surface area contributed by atoms with E-state index in [2.05, 4.69) is 15.9 Å². The highest BCUT2D eigenvalue weighted by atomic mass is 79.9. The zero-order valence-corrected chi connectivity index (χ0v) is 15.8. The Balaban J connectivity index is 2.03. The number of carboxylic acid groups (broad SMARTS) is 1. The van der Waals surface area contributed by atoms with Gasteiger partial charge in [-0.15, -0.1) is 0 Å². The zero-order chi connectivity index (χ0) is 18.6. The van der Waals surface area contributed by atoms with Crippen molar-refractivity contribution >= 4 is 33.7 Å². The van der Waals surface area contributed by atoms with E-state index in [0.717, 1.165) is 0 Å². The number of hydrogen-bond acceptors (Lipinski definition) is 4. The van der Waals surface area contributed by atoms with Gasteiger partial charge in [-0.05, 0) is 47.0 Å². The van der Waals surface area contributed by atoms with Crippen molar-refractivity contribution in [2.24, 2.45) is 5.92 Å². The molecule has 1 fully saturated rings. The van der Waals surface area contributed by atoms with Crippen molar-refractivity contribution in [3.63, 3.8) is 0 Å². The fourth-order valence-electron chi connectivity index (χ4n) is 2.78. The summed E-state index contributed by atoms with van der Waals surface area (Å²) in [7, 11) is 3.06. The number of halogens is 1. The zero-order valence-electron chi connectivity index (χ0n) is 14.2. The molecule has 0 saturated carbocycles. The van der Waals surface area contributed by atoms with Crippen LogP contribution in [0.4, 0.5) is 0 Å². The number of carbonyl (C=O) groups is 3. The second-order valence-electron chi connectivity index (χ2n) is 6.02. The highest BCUT2D eigenvalue weighted by Gasteiger charge is 2.29. The van der Waals surface area contributed by atoms with E-state index in [4.69, 9.17) is 9.84 Å². The highest BCUT2D eigenvalue weighted by molar-refractivity contribution is 9.10. The van der Waals surface area contributed by atoms with Gasteiger partial charge in [0.05, 0.1) is 25.1 Å². The first kappa shape index (κ1) is 19.2.